The van der Waals surface area contributed by atoms with Crippen LogP contribution in [0.4, 0.5) is 0 Å². The van der Waals surface area contributed by atoms with Gasteiger partial charge in [0.25, 0.3) is 0 Å². The lowest BCUT2D eigenvalue weighted by atomic mass is 9.89. The number of hydrogen-bond donors (Lipinski definition) is 1. The molecule has 1 aromatic rings. The first kappa shape index (κ1) is 14.8. The van der Waals surface area contributed by atoms with Gasteiger partial charge in [-0.1, -0.05) is 6.07 Å². The molecule has 1 aliphatic rings. The van der Waals surface area contributed by atoms with Gasteiger partial charge in [-0.05, 0) is 65.9 Å². The van der Waals surface area contributed by atoms with Crippen LogP contribution in [-0.2, 0) is 4.74 Å². The molecule has 0 saturated carbocycles. The van der Waals surface area contributed by atoms with Crippen molar-refractivity contribution in [2.45, 2.75) is 25.3 Å². The van der Waals surface area contributed by atoms with Gasteiger partial charge in [0.1, 0.15) is 5.75 Å². The summed E-state index contributed by atoms with van der Waals surface area (Å²) in [5, 5.41) is 3.43. The highest BCUT2D eigenvalue weighted by Crippen LogP contribution is 2.32. The molecule has 1 heterocycles. The standard InChI is InChI=1S/C15H22BrNO2/c1-17-14(9-11-5-7-19-8-6-11)12-3-4-15(18-2)13(16)10-12/h3-4,10-11,14,17H,5-9H2,1-2H3. The first-order valence-electron chi connectivity index (χ1n) is 6.83. The van der Waals surface area contributed by atoms with Crippen molar-refractivity contribution in [2.24, 2.45) is 5.92 Å². The Balaban J connectivity index is 2.05. The van der Waals surface area contributed by atoms with E-state index in [9.17, 15) is 0 Å². The van der Waals surface area contributed by atoms with E-state index in [-0.39, 0.29) is 0 Å². The van der Waals surface area contributed by atoms with Gasteiger partial charge in [0.15, 0.2) is 0 Å². The fraction of sp³-hybridized carbons (Fsp3) is 0.600. The molecule has 2 rings (SSSR count). The molecule has 0 aromatic heterocycles. The Morgan fingerprint density at radius 3 is 2.74 bits per heavy atom. The first-order valence-corrected chi connectivity index (χ1v) is 7.62. The van der Waals surface area contributed by atoms with E-state index in [1.165, 1.54) is 24.8 Å². The first-order chi connectivity index (χ1) is 9.24. The summed E-state index contributed by atoms with van der Waals surface area (Å²) in [6, 6.07) is 6.71. The molecule has 0 radical (unpaired) electrons. The fourth-order valence-corrected chi connectivity index (χ4v) is 3.19. The lowest BCUT2D eigenvalue weighted by Crippen LogP contribution is -2.24. The van der Waals surface area contributed by atoms with Crippen LogP contribution < -0.4 is 10.1 Å². The van der Waals surface area contributed by atoms with Crippen LogP contribution in [0, 0.1) is 5.92 Å². The molecule has 19 heavy (non-hydrogen) atoms. The molecule has 1 unspecified atom stereocenters. The molecule has 106 valence electrons. The molecular weight excluding hydrogens is 306 g/mol. The summed E-state index contributed by atoms with van der Waals surface area (Å²) in [6.45, 7) is 1.82. The van der Waals surface area contributed by atoms with E-state index in [1.807, 2.05) is 13.1 Å². The van der Waals surface area contributed by atoms with E-state index < -0.39 is 0 Å². The Labute approximate surface area is 123 Å². The molecule has 0 bridgehead atoms. The lowest BCUT2D eigenvalue weighted by Gasteiger charge is -2.27. The molecule has 1 saturated heterocycles. The number of halogens is 1. The molecule has 1 aromatic carbocycles. The largest absolute Gasteiger partial charge is 0.496 e. The summed E-state index contributed by atoms with van der Waals surface area (Å²) in [5.41, 5.74) is 1.31. The van der Waals surface area contributed by atoms with Crippen LogP contribution >= 0.6 is 15.9 Å². The van der Waals surface area contributed by atoms with E-state index in [0.717, 1.165) is 29.4 Å². The molecule has 1 fully saturated rings. The number of nitrogens with one attached hydrogen (secondary N) is 1. The van der Waals surface area contributed by atoms with E-state index in [2.05, 4.69) is 33.4 Å². The molecule has 0 amide bonds. The average Bonchev–Trinajstić information content (AvgIpc) is 2.46. The lowest BCUT2D eigenvalue weighted by molar-refractivity contribution is 0.0608. The molecule has 0 spiro atoms. The average molecular weight is 328 g/mol. The van der Waals surface area contributed by atoms with Gasteiger partial charge in [0.05, 0.1) is 11.6 Å². The van der Waals surface area contributed by atoms with Crippen molar-refractivity contribution in [3.8, 4) is 5.75 Å². The Bertz CT molecular complexity index is 405. The van der Waals surface area contributed by atoms with Gasteiger partial charge in [-0.2, -0.15) is 0 Å². The Morgan fingerprint density at radius 1 is 1.42 bits per heavy atom. The Kier molecular flexibility index (Phi) is 5.67. The predicted octanol–water partition coefficient (Wildman–Crippen LogP) is 3.53. The van der Waals surface area contributed by atoms with Crippen LogP contribution in [0.5, 0.6) is 5.75 Å². The van der Waals surface area contributed by atoms with Crippen LogP contribution in [-0.4, -0.2) is 27.4 Å². The van der Waals surface area contributed by atoms with Crippen LogP contribution in [0.3, 0.4) is 0 Å². The van der Waals surface area contributed by atoms with Crippen molar-refractivity contribution in [1.82, 2.24) is 5.32 Å². The SMILES string of the molecule is CNC(CC1CCOCC1)c1ccc(OC)c(Br)c1. The smallest absolute Gasteiger partial charge is 0.133 e. The number of rotatable bonds is 5. The monoisotopic (exact) mass is 327 g/mol. The normalized spacial score (nSPS) is 18.3. The van der Waals surface area contributed by atoms with E-state index >= 15 is 0 Å². The molecule has 1 aliphatic heterocycles. The molecule has 4 heteroatoms. The van der Waals surface area contributed by atoms with Crippen molar-refractivity contribution in [2.75, 3.05) is 27.4 Å². The van der Waals surface area contributed by atoms with Gasteiger partial charge >= 0.3 is 0 Å². The second-order valence-electron chi connectivity index (χ2n) is 5.03. The molecular formula is C15H22BrNO2. The fourth-order valence-electron chi connectivity index (χ4n) is 2.64. The van der Waals surface area contributed by atoms with Gasteiger partial charge in [-0.25, -0.2) is 0 Å². The van der Waals surface area contributed by atoms with E-state index in [1.54, 1.807) is 7.11 Å². The Hall–Kier alpha value is -0.580. The zero-order valence-corrected chi connectivity index (χ0v) is 13.2. The molecule has 1 N–H and O–H groups in total. The van der Waals surface area contributed by atoms with Crippen molar-refractivity contribution in [3.05, 3.63) is 28.2 Å². The van der Waals surface area contributed by atoms with Gasteiger partial charge < -0.3 is 14.8 Å². The summed E-state index contributed by atoms with van der Waals surface area (Å²) in [5.74, 6) is 1.64. The van der Waals surface area contributed by atoms with Crippen LogP contribution in [0.25, 0.3) is 0 Å². The third-order valence-electron chi connectivity index (χ3n) is 3.84. The summed E-state index contributed by atoms with van der Waals surface area (Å²) >= 11 is 3.56. The second kappa shape index (κ2) is 7.27. The highest BCUT2D eigenvalue weighted by Gasteiger charge is 2.20. The maximum absolute atomic E-state index is 5.43. The van der Waals surface area contributed by atoms with Gasteiger partial charge in [0, 0.05) is 19.3 Å². The third-order valence-corrected chi connectivity index (χ3v) is 4.46. The summed E-state index contributed by atoms with van der Waals surface area (Å²) in [6.07, 6.45) is 3.52. The zero-order chi connectivity index (χ0) is 13.7. The minimum absolute atomic E-state index is 0.394. The summed E-state index contributed by atoms with van der Waals surface area (Å²) < 4.78 is 11.7. The maximum atomic E-state index is 5.43. The predicted molar refractivity (Wildman–Crippen MR) is 80.7 cm³/mol. The summed E-state index contributed by atoms with van der Waals surface area (Å²) in [4.78, 5) is 0. The quantitative estimate of drug-likeness (QED) is 0.897. The van der Waals surface area contributed by atoms with Crippen LogP contribution in [0.15, 0.2) is 22.7 Å². The summed E-state index contributed by atoms with van der Waals surface area (Å²) in [7, 11) is 3.72. The number of ether oxygens (including phenoxy) is 2. The second-order valence-corrected chi connectivity index (χ2v) is 5.88. The maximum Gasteiger partial charge on any atom is 0.133 e. The number of methoxy groups -OCH3 is 1. The van der Waals surface area contributed by atoms with Gasteiger partial charge in [-0.3, -0.25) is 0 Å². The van der Waals surface area contributed by atoms with Crippen LogP contribution in [0.1, 0.15) is 30.9 Å². The van der Waals surface area contributed by atoms with Gasteiger partial charge in [-0.15, -0.1) is 0 Å². The van der Waals surface area contributed by atoms with Crippen molar-refractivity contribution in [1.29, 1.82) is 0 Å². The van der Waals surface area contributed by atoms with E-state index in [0.29, 0.717) is 6.04 Å². The number of benzene rings is 1. The molecule has 3 nitrogen and oxygen atoms in total. The minimum Gasteiger partial charge on any atom is -0.496 e. The third kappa shape index (κ3) is 3.94. The zero-order valence-electron chi connectivity index (χ0n) is 11.6. The van der Waals surface area contributed by atoms with Crippen molar-refractivity contribution < 1.29 is 9.47 Å². The number of hydrogen-bond acceptors (Lipinski definition) is 3. The highest BCUT2D eigenvalue weighted by molar-refractivity contribution is 9.10. The Morgan fingerprint density at radius 2 is 2.16 bits per heavy atom. The van der Waals surface area contributed by atoms with Crippen molar-refractivity contribution >= 4 is 15.9 Å². The van der Waals surface area contributed by atoms with Gasteiger partial charge in [0.2, 0.25) is 0 Å². The topological polar surface area (TPSA) is 30.5 Å². The minimum atomic E-state index is 0.394. The van der Waals surface area contributed by atoms with Crippen LogP contribution in [0.2, 0.25) is 0 Å². The van der Waals surface area contributed by atoms with Crippen molar-refractivity contribution in [3.63, 3.8) is 0 Å². The molecule has 1 atom stereocenters. The molecule has 0 aliphatic carbocycles. The highest BCUT2D eigenvalue weighted by atomic mass is 79.9. The van der Waals surface area contributed by atoms with E-state index in [4.69, 9.17) is 9.47 Å².